The minimum Gasteiger partial charge on any atom is -0.396 e. The van der Waals surface area contributed by atoms with Gasteiger partial charge in [0.15, 0.2) is 0 Å². The van der Waals surface area contributed by atoms with Gasteiger partial charge in [-0.05, 0) is 44.7 Å². The van der Waals surface area contributed by atoms with Crippen LogP contribution in [0.4, 0.5) is 0 Å². The van der Waals surface area contributed by atoms with Crippen LogP contribution in [0.2, 0.25) is 0 Å². The number of aliphatic hydroxyl groups is 1. The van der Waals surface area contributed by atoms with Crippen molar-refractivity contribution in [3.63, 3.8) is 0 Å². The van der Waals surface area contributed by atoms with Crippen molar-refractivity contribution in [2.24, 2.45) is 5.41 Å². The molecule has 112 valence electrons. The summed E-state index contributed by atoms with van der Waals surface area (Å²) in [4.78, 5) is 12.4. The summed E-state index contributed by atoms with van der Waals surface area (Å²) in [6, 6.07) is 4.06. The molecule has 0 saturated heterocycles. The number of rotatable bonds is 6. The van der Waals surface area contributed by atoms with Crippen LogP contribution in [0.15, 0.2) is 12.1 Å². The maximum atomic E-state index is 12.4. The third-order valence-corrected chi connectivity index (χ3v) is 4.36. The third-order valence-electron chi connectivity index (χ3n) is 4.36. The molecular formula is C17H27NO2. The van der Waals surface area contributed by atoms with Crippen molar-refractivity contribution < 1.29 is 9.90 Å². The number of hydrogen-bond acceptors (Lipinski definition) is 2. The molecule has 0 unspecified atom stereocenters. The van der Waals surface area contributed by atoms with Gasteiger partial charge in [0, 0.05) is 17.5 Å². The Morgan fingerprint density at radius 1 is 1.15 bits per heavy atom. The third kappa shape index (κ3) is 3.60. The number of carbonyl (C=O) groups is 1. The molecule has 1 rings (SSSR count). The number of carbonyl (C=O) groups excluding carboxylic acids is 1. The Hall–Kier alpha value is -1.35. The first kappa shape index (κ1) is 16.7. The van der Waals surface area contributed by atoms with Gasteiger partial charge in [0.05, 0.1) is 6.61 Å². The van der Waals surface area contributed by atoms with Crippen molar-refractivity contribution >= 4 is 5.91 Å². The van der Waals surface area contributed by atoms with E-state index in [1.807, 2.05) is 46.8 Å². The first-order chi connectivity index (χ1) is 9.39. The second kappa shape index (κ2) is 6.89. The molecule has 0 radical (unpaired) electrons. The number of amides is 1. The Morgan fingerprint density at radius 3 is 2.05 bits per heavy atom. The highest BCUT2D eigenvalue weighted by molar-refractivity contribution is 5.97. The summed E-state index contributed by atoms with van der Waals surface area (Å²) in [5.41, 5.74) is 3.73. The summed E-state index contributed by atoms with van der Waals surface area (Å²) in [5, 5.41) is 12.5. The minimum atomic E-state index is -0.206. The molecular weight excluding hydrogens is 250 g/mol. The zero-order valence-corrected chi connectivity index (χ0v) is 13.3. The molecule has 0 atom stereocenters. The number of aliphatic hydroxyl groups excluding tert-OH is 1. The van der Waals surface area contributed by atoms with Gasteiger partial charge in [0.2, 0.25) is 0 Å². The van der Waals surface area contributed by atoms with Gasteiger partial charge >= 0.3 is 0 Å². The zero-order valence-electron chi connectivity index (χ0n) is 13.3. The van der Waals surface area contributed by atoms with Crippen LogP contribution in [0.1, 0.15) is 53.7 Å². The fraction of sp³-hybridized carbons (Fsp3) is 0.588. The van der Waals surface area contributed by atoms with Crippen molar-refractivity contribution in [1.82, 2.24) is 5.32 Å². The predicted molar refractivity (Wildman–Crippen MR) is 83.1 cm³/mol. The second-order valence-electron chi connectivity index (χ2n) is 5.82. The van der Waals surface area contributed by atoms with E-state index in [0.717, 1.165) is 29.5 Å². The van der Waals surface area contributed by atoms with E-state index in [2.05, 4.69) is 5.32 Å². The Kier molecular flexibility index (Phi) is 5.75. The Bertz CT molecular complexity index is 445. The van der Waals surface area contributed by atoms with Gasteiger partial charge in [-0.3, -0.25) is 4.79 Å². The summed E-state index contributed by atoms with van der Waals surface area (Å²) in [6.07, 6.45) is 1.71. The number of hydrogen-bond donors (Lipinski definition) is 2. The average Bonchev–Trinajstić information content (AvgIpc) is 2.39. The van der Waals surface area contributed by atoms with Gasteiger partial charge in [0.25, 0.3) is 5.91 Å². The van der Waals surface area contributed by atoms with E-state index in [1.54, 1.807) is 0 Å². The molecule has 1 amide bonds. The van der Waals surface area contributed by atoms with E-state index in [4.69, 9.17) is 0 Å². The molecule has 3 heteroatoms. The van der Waals surface area contributed by atoms with Crippen LogP contribution >= 0.6 is 0 Å². The van der Waals surface area contributed by atoms with Crippen molar-refractivity contribution in [3.05, 3.63) is 34.4 Å². The van der Waals surface area contributed by atoms with Crippen LogP contribution in [0.3, 0.4) is 0 Å². The highest BCUT2D eigenvalue weighted by Crippen LogP contribution is 2.25. The molecule has 0 spiro atoms. The van der Waals surface area contributed by atoms with Crippen LogP contribution in [0.25, 0.3) is 0 Å². The standard InChI is InChI=1S/C17H27NO2/c1-6-17(7-2,11-19)10-18-16(20)15-13(4)8-12(3)9-14(15)5/h8-9,19H,6-7,10-11H2,1-5H3,(H,18,20). The molecule has 0 aliphatic carbocycles. The molecule has 0 aliphatic heterocycles. The summed E-state index contributed by atoms with van der Waals surface area (Å²) in [5.74, 6) is -0.0419. The van der Waals surface area contributed by atoms with Crippen LogP contribution in [-0.4, -0.2) is 24.2 Å². The molecule has 0 aliphatic rings. The highest BCUT2D eigenvalue weighted by Gasteiger charge is 2.26. The lowest BCUT2D eigenvalue weighted by atomic mass is 9.83. The van der Waals surface area contributed by atoms with E-state index in [9.17, 15) is 9.90 Å². The Balaban J connectivity index is 2.88. The molecule has 2 N–H and O–H groups in total. The lowest BCUT2D eigenvalue weighted by Gasteiger charge is -2.29. The van der Waals surface area contributed by atoms with E-state index in [0.29, 0.717) is 6.54 Å². The fourth-order valence-electron chi connectivity index (χ4n) is 2.67. The van der Waals surface area contributed by atoms with Gasteiger partial charge in [-0.1, -0.05) is 31.5 Å². The topological polar surface area (TPSA) is 49.3 Å². The molecule has 20 heavy (non-hydrogen) atoms. The molecule has 3 nitrogen and oxygen atoms in total. The van der Waals surface area contributed by atoms with Gasteiger partial charge in [-0.15, -0.1) is 0 Å². The van der Waals surface area contributed by atoms with Crippen molar-refractivity contribution in [2.75, 3.05) is 13.2 Å². The van der Waals surface area contributed by atoms with Crippen molar-refractivity contribution in [2.45, 2.75) is 47.5 Å². The van der Waals surface area contributed by atoms with E-state index < -0.39 is 0 Å². The van der Waals surface area contributed by atoms with Gasteiger partial charge < -0.3 is 10.4 Å². The first-order valence-corrected chi connectivity index (χ1v) is 7.36. The normalized spacial score (nSPS) is 11.5. The number of nitrogens with one attached hydrogen (secondary N) is 1. The lowest BCUT2D eigenvalue weighted by molar-refractivity contribution is 0.0850. The molecule has 1 aromatic rings. The predicted octanol–water partition coefficient (Wildman–Crippen LogP) is 3.14. The summed E-state index contributed by atoms with van der Waals surface area (Å²) < 4.78 is 0. The largest absolute Gasteiger partial charge is 0.396 e. The van der Waals surface area contributed by atoms with E-state index >= 15 is 0 Å². The highest BCUT2D eigenvalue weighted by atomic mass is 16.3. The van der Waals surface area contributed by atoms with E-state index in [1.165, 1.54) is 5.56 Å². The quantitative estimate of drug-likeness (QED) is 0.839. The molecule has 0 bridgehead atoms. The maximum absolute atomic E-state index is 12.4. The Labute approximate surface area is 122 Å². The summed E-state index contributed by atoms with van der Waals surface area (Å²) in [6.45, 7) is 10.7. The molecule has 1 aromatic carbocycles. The minimum absolute atomic E-state index is 0.0419. The first-order valence-electron chi connectivity index (χ1n) is 7.36. The molecule has 0 saturated carbocycles. The van der Waals surface area contributed by atoms with Crippen molar-refractivity contribution in [3.8, 4) is 0 Å². The lowest BCUT2D eigenvalue weighted by Crippen LogP contribution is -2.39. The van der Waals surface area contributed by atoms with E-state index in [-0.39, 0.29) is 17.9 Å². The van der Waals surface area contributed by atoms with Crippen LogP contribution in [0, 0.1) is 26.2 Å². The summed E-state index contributed by atoms with van der Waals surface area (Å²) in [7, 11) is 0. The van der Waals surface area contributed by atoms with Crippen LogP contribution < -0.4 is 5.32 Å². The molecule has 0 aromatic heterocycles. The molecule has 0 fully saturated rings. The zero-order chi connectivity index (χ0) is 15.3. The second-order valence-corrected chi connectivity index (χ2v) is 5.82. The van der Waals surface area contributed by atoms with Crippen LogP contribution in [-0.2, 0) is 0 Å². The smallest absolute Gasteiger partial charge is 0.251 e. The number of aryl methyl sites for hydroxylation is 3. The maximum Gasteiger partial charge on any atom is 0.251 e. The monoisotopic (exact) mass is 277 g/mol. The SMILES string of the molecule is CCC(CC)(CO)CNC(=O)c1c(C)cc(C)cc1C. The molecule has 0 heterocycles. The summed E-state index contributed by atoms with van der Waals surface area (Å²) >= 11 is 0. The number of benzene rings is 1. The Morgan fingerprint density at radius 2 is 1.65 bits per heavy atom. The van der Waals surface area contributed by atoms with Gasteiger partial charge in [0.1, 0.15) is 0 Å². The van der Waals surface area contributed by atoms with Crippen LogP contribution in [0.5, 0.6) is 0 Å². The fourth-order valence-corrected chi connectivity index (χ4v) is 2.67. The van der Waals surface area contributed by atoms with Gasteiger partial charge in [-0.2, -0.15) is 0 Å². The van der Waals surface area contributed by atoms with Gasteiger partial charge in [-0.25, -0.2) is 0 Å². The average molecular weight is 277 g/mol. The van der Waals surface area contributed by atoms with Crippen molar-refractivity contribution in [1.29, 1.82) is 0 Å².